The molecular formula is C15H18O3. The molecule has 4 unspecified atom stereocenters. The molecule has 1 spiro atoms. The van der Waals surface area contributed by atoms with E-state index in [1.165, 1.54) is 0 Å². The molecule has 0 heterocycles. The van der Waals surface area contributed by atoms with Gasteiger partial charge in [-0.15, -0.1) is 0 Å². The van der Waals surface area contributed by atoms with Crippen molar-refractivity contribution < 1.29 is 15.0 Å². The number of carbonyl (C=O) groups excluding carboxylic acids is 1. The molecule has 0 aromatic heterocycles. The molecule has 3 heteroatoms. The maximum absolute atomic E-state index is 12.1. The fourth-order valence-corrected chi connectivity index (χ4v) is 5.03. The number of carbonyl (C=O) groups is 1. The predicted molar refractivity (Wildman–Crippen MR) is 64.3 cm³/mol. The Morgan fingerprint density at radius 1 is 1.28 bits per heavy atom. The third-order valence-corrected chi connectivity index (χ3v) is 5.92. The van der Waals surface area contributed by atoms with Crippen LogP contribution in [-0.2, 0) is 4.79 Å². The van der Waals surface area contributed by atoms with Crippen LogP contribution in [0.2, 0.25) is 0 Å². The van der Waals surface area contributed by atoms with E-state index in [2.05, 4.69) is 11.8 Å². The summed E-state index contributed by atoms with van der Waals surface area (Å²) in [4.78, 5) is 12.1. The van der Waals surface area contributed by atoms with E-state index in [1.54, 1.807) is 0 Å². The third kappa shape index (κ3) is 1.16. The van der Waals surface area contributed by atoms with Crippen LogP contribution in [0.4, 0.5) is 0 Å². The summed E-state index contributed by atoms with van der Waals surface area (Å²) in [6, 6.07) is 0. The lowest BCUT2D eigenvalue weighted by atomic mass is 9.44. The summed E-state index contributed by atoms with van der Waals surface area (Å²) >= 11 is 0. The molecule has 3 saturated carbocycles. The minimum Gasteiger partial charge on any atom is -0.393 e. The summed E-state index contributed by atoms with van der Waals surface area (Å²) < 4.78 is 0. The third-order valence-electron chi connectivity index (χ3n) is 5.92. The Bertz CT molecular complexity index is 478. The average Bonchev–Trinajstić information content (AvgIpc) is 2.91. The Balaban J connectivity index is 1.61. The normalized spacial score (nSPS) is 51.3. The van der Waals surface area contributed by atoms with Crippen molar-refractivity contribution in [1.82, 2.24) is 0 Å². The summed E-state index contributed by atoms with van der Waals surface area (Å²) in [6.07, 6.45) is 4.82. The Hall–Kier alpha value is -0.850. The van der Waals surface area contributed by atoms with Gasteiger partial charge < -0.3 is 10.2 Å². The number of Topliss-reactive ketones (excluding diaryl/α,β-unsaturated/α-hetero) is 1. The lowest BCUT2D eigenvalue weighted by Gasteiger charge is -2.59. The molecule has 0 saturated heterocycles. The molecule has 5 atom stereocenters. The van der Waals surface area contributed by atoms with Gasteiger partial charge in [-0.2, -0.15) is 0 Å². The highest BCUT2D eigenvalue weighted by Crippen LogP contribution is 2.66. The van der Waals surface area contributed by atoms with Crippen molar-refractivity contribution in [2.75, 3.05) is 0 Å². The monoisotopic (exact) mass is 246 g/mol. The van der Waals surface area contributed by atoms with Gasteiger partial charge in [0.25, 0.3) is 0 Å². The number of fused-ring (bicyclic) bond motifs is 2. The van der Waals surface area contributed by atoms with Crippen LogP contribution in [-0.4, -0.2) is 27.7 Å². The van der Waals surface area contributed by atoms with Crippen LogP contribution in [0.3, 0.4) is 0 Å². The van der Waals surface area contributed by atoms with Gasteiger partial charge in [0.1, 0.15) is 5.78 Å². The molecular weight excluding hydrogens is 228 g/mol. The highest BCUT2D eigenvalue weighted by atomic mass is 16.3. The van der Waals surface area contributed by atoms with E-state index in [0.717, 1.165) is 32.1 Å². The first kappa shape index (κ1) is 11.0. The van der Waals surface area contributed by atoms with Crippen molar-refractivity contribution in [3.05, 3.63) is 0 Å². The van der Waals surface area contributed by atoms with Crippen LogP contribution in [0.1, 0.15) is 38.5 Å². The van der Waals surface area contributed by atoms with Crippen LogP contribution in [0.15, 0.2) is 0 Å². The van der Waals surface area contributed by atoms with Crippen molar-refractivity contribution in [2.45, 2.75) is 50.2 Å². The Kier molecular flexibility index (Phi) is 1.95. The average molecular weight is 246 g/mol. The zero-order valence-corrected chi connectivity index (χ0v) is 10.4. The summed E-state index contributed by atoms with van der Waals surface area (Å²) in [5, 5.41) is 20.3. The highest BCUT2D eigenvalue weighted by Gasteiger charge is 2.66. The molecule has 18 heavy (non-hydrogen) atoms. The fraction of sp³-hybridized carbons (Fsp3) is 0.800. The smallest absolute Gasteiger partial charge is 0.193 e. The molecule has 2 N–H and O–H groups in total. The van der Waals surface area contributed by atoms with Crippen molar-refractivity contribution in [2.24, 2.45) is 23.2 Å². The number of hydrogen-bond donors (Lipinski definition) is 2. The van der Waals surface area contributed by atoms with Crippen molar-refractivity contribution in [3.8, 4) is 11.8 Å². The van der Waals surface area contributed by atoms with Gasteiger partial charge in [-0.05, 0) is 43.9 Å². The van der Waals surface area contributed by atoms with E-state index in [1.807, 2.05) is 0 Å². The molecule has 0 amide bonds. The zero-order chi connectivity index (χ0) is 12.5. The molecule has 4 aliphatic rings. The van der Waals surface area contributed by atoms with E-state index < -0.39 is 11.7 Å². The van der Waals surface area contributed by atoms with Gasteiger partial charge in [-0.25, -0.2) is 0 Å². The predicted octanol–water partition coefficient (Wildman–Crippen LogP) is 0.881. The van der Waals surface area contributed by atoms with Crippen LogP contribution in [0, 0.1) is 35.0 Å². The summed E-state index contributed by atoms with van der Waals surface area (Å²) in [5.74, 6) is 6.42. The number of ketones is 1. The van der Waals surface area contributed by atoms with E-state index in [0.29, 0.717) is 18.1 Å². The van der Waals surface area contributed by atoms with Gasteiger partial charge in [0, 0.05) is 17.8 Å². The van der Waals surface area contributed by atoms with Gasteiger partial charge in [0.2, 0.25) is 0 Å². The topological polar surface area (TPSA) is 57.5 Å². The molecule has 4 aliphatic carbocycles. The standard InChI is InChI=1S/C15H18O3/c16-11-4-3-10-9(13(11)15(18)6-7-15)8-14(10)5-1-2-12(14)17/h9-11,13,16,18H,1-5,8H2/t9?,10?,11-,13?,14?/m0/s1. The van der Waals surface area contributed by atoms with Gasteiger partial charge in [-0.3, -0.25) is 4.79 Å². The summed E-state index contributed by atoms with van der Waals surface area (Å²) in [6.45, 7) is 0. The lowest BCUT2D eigenvalue weighted by molar-refractivity contribution is -0.175. The summed E-state index contributed by atoms with van der Waals surface area (Å²) in [5.41, 5.74) is -1.18. The maximum atomic E-state index is 12.1. The zero-order valence-electron chi connectivity index (χ0n) is 10.4. The molecule has 0 radical (unpaired) electrons. The van der Waals surface area contributed by atoms with Crippen molar-refractivity contribution in [1.29, 1.82) is 0 Å². The second kappa shape index (κ2) is 3.18. The fourth-order valence-electron chi connectivity index (χ4n) is 5.03. The first-order valence-electron chi connectivity index (χ1n) is 7.05. The molecule has 0 aliphatic heterocycles. The largest absolute Gasteiger partial charge is 0.393 e. The molecule has 0 bridgehead atoms. The second-order valence-corrected chi connectivity index (χ2v) is 6.59. The Labute approximate surface area is 107 Å². The molecule has 0 aromatic rings. The van der Waals surface area contributed by atoms with E-state index >= 15 is 0 Å². The van der Waals surface area contributed by atoms with Gasteiger partial charge in [0.05, 0.1) is 6.10 Å². The molecule has 4 rings (SSSR count). The maximum Gasteiger partial charge on any atom is 0.193 e. The van der Waals surface area contributed by atoms with Crippen LogP contribution < -0.4 is 0 Å². The number of aliphatic hydroxyl groups excluding tert-OH is 1. The first-order chi connectivity index (χ1) is 8.57. The Morgan fingerprint density at radius 3 is 2.67 bits per heavy atom. The number of rotatable bonds is 1. The molecule has 96 valence electrons. The SMILES string of the molecule is O=C1CCCC12CC1C(C3(O)C#C3)[C@@H](O)CCC12. The van der Waals surface area contributed by atoms with Crippen molar-refractivity contribution in [3.63, 3.8) is 0 Å². The highest BCUT2D eigenvalue weighted by molar-refractivity contribution is 5.88. The van der Waals surface area contributed by atoms with Gasteiger partial charge in [-0.1, -0.05) is 11.8 Å². The molecule has 3 fully saturated rings. The second-order valence-electron chi connectivity index (χ2n) is 6.59. The number of aliphatic hydroxyl groups is 2. The minimum atomic E-state index is -1.09. The van der Waals surface area contributed by atoms with Crippen LogP contribution in [0.25, 0.3) is 0 Å². The van der Waals surface area contributed by atoms with Gasteiger partial charge >= 0.3 is 0 Å². The summed E-state index contributed by atoms with van der Waals surface area (Å²) in [7, 11) is 0. The molecule has 0 aromatic carbocycles. The van der Waals surface area contributed by atoms with Gasteiger partial charge in [0.15, 0.2) is 5.60 Å². The first-order valence-corrected chi connectivity index (χ1v) is 7.05. The van der Waals surface area contributed by atoms with E-state index in [9.17, 15) is 15.0 Å². The lowest BCUT2D eigenvalue weighted by Crippen LogP contribution is -2.61. The quantitative estimate of drug-likeness (QED) is 0.675. The van der Waals surface area contributed by atoms with E-state index in [4.69, 9.17) is 0 Å². The van der Waals surface area contributed by atoms with Crippen LogP contribution >= 0.6 is 0 Å². The molecule has 3 nitrogen and oxygen atoms in total. The van der Waals surface area contributed by atoms with Crippen LogP contribution in [0.5, 0.6) is 0 Å². The Morgan fingerprint density at radius 2 is 2.06 bits per heavy atom. The van der Waals surface area contributed by atoms with Crippen molar-refractivity contribution >= 4 is 5.78 Å². The minimum absolute atomic E-state index is 0.0890. The van der Waals surface area contributed by atoms with E-state index in [-0.39, 0.29) is 17.3 Å². The number of hydrogen-bond acceptors (Lipinski definition) is 3.